The molecular weight excluding hydrogens is 278 g/mol. The van der Waals surface area contributed by atoms with E-state index in [2.05, 4.69) is 10.2 Å². The molecule has 20 heavy (non-hydrogen) atoms. The average molecular weight is 298 g/mol. The molecule has 1 aromatic carbocycles. The summed E-state index contributed by atoms with van der Waals surface area (Å²) >= 11 is 6.08. The van der Waals surface area contributed by atoms with Gasteiger partial charge in [0.15, 0.2) is 0 Å². The molecule has 1 aliphatic heterocycles. The number of rotatable bonds is 6. The first-order valence-corrected chi connectivity index (χ1v) is 7.18. The maximum Gasteiger partial charge on any atom is 0.250 e. The van der Waals surface area contributed by atoms with E-state index in [1.54, 1.807) is 12.1 Å². The molecule has 110 valence electrons. The van der Waals surface area contributed by atoms with Crippen molar-refractivity contribution in [2.45, 2.75) is 18.9 Å². The Morgan fingerprint density at radius 2 is 2.35 bits per heavy atom. The highest BCUT2D eigenvalue weighted by Crippen LogP contribution is 2.24. The molecule has 2 rings (SSSR count). The number of aliphatic hydroxyl groups excluding tert-OH is 1. The minimum absolute atomic E-state index is 0.0713. The van der Waals surface area contributed by atoms with Crippen LogP contribution in [0.2, 0.25) is 5.02 Å². The summed E-state index contributed by atoms with van der Waals surface area (Å²) in [5.41, 5.74) is 6.45. The third-order valence-corrected chi connectivity index (χ3v) is 3.87. The van der Waals surface area contributed by atoms with Gasteiger partial charge in [-0.25, -0.2) is 0 Å². The predicted molar refractivity (Wildman–Crippen MR) is 80.3 cm³/mol. The molecule has 0 bridgehead atoms. The van der Waals surface area contributed by atoms with Crippen LogP contribution >= 0.6 is 11.6 Å². The fourth-order valence-corrected chi connectivity index (χ4v) is 2.79. The van der Waals surface area contributed by atoms with Crippen LogP contribution in [0.1, 0.15) is 23.2 Å². The minimum atomic E-state index is -0.535. The summed E-state index contributed by atoms with van der Waals surface area (Å²) in [7, 11) is 0. The van der Waals surface area contributed by atoms with Gasteiger partial charge >= 0.3 is 0 Å². The van der Waals surface area contributed by atoms with Crippen LogP contribution in [0.25, 0.3) is 0 Å². The van der Waals surface area contributed by atoms with Crippen molar-refractivity contribution in [3.63, 3.8) is 0 Å². The van der Waals surface area contributed by atoms with Gasteiger partial charge in [0.2, 0.25) is 5.91 Å². The number of hydrogen-bond acceptors (Lipinski definition) is 4. The van der Waals surface area contributed by atoms with Gasteiger partial charge < -0.3 is 21.1 Å². The topological polar surface area (TPSA) is 78.6 Å². The number of nitrogens with one attached hydrogen (secondary N) is 1. The molecule has 4 N–H and O–H groups in total. The number of carbonyl (C=O) groups excluding carboxylic acids is 1. The van der Waals surface area contributed by atoms with Crippen molar-refractivity contribution in [2.24, 2.45) is 5.73 Å². The fourth-order valence-electron chi connectivity index (χ4n) is 2.53. The molecule has 1 saturated heterocycles. The van der Waals surface area contributed by atoms with Crippen molar-refractivity contribution in [2.75, 3.05) is 31.1 Å². The summed E-state index contributed by atoms with van der Waals surface area (Å²) < 4.78 is 0. The van der Waals surface area contributed by atoms with E-state index in [1.165, 1.54) is 6.42 Å². The molecule has 1 aliphatic rings. The summed E-state index contributed by atoms with van der Waals surface area (Å²) in [4.78, 5) is 13.3. The van der Waals surface area contributed by atoms with Gasteiger partial charge in [-0.05, 0) is 37.6 Å². The highest BCUT2D eigenvalue weighted by molar-refractivity contribution is 6.34. The molecule has 6 heteroatoms. The molecule has 1 atom stereocenters. The Labute approximate surface area is 123 Å². The Balaban J connectivity index is 2.15. The second-order valence-corrected chi connectivity index (χ2v) is 5.40. The van der Waals surface area contributed by atoms with Crippen LogP contribution in [0.3, 0.4) is 0 Å². The number of anilines is 1. The van der Waals surface area contributed by atoms with Crippen molar-refractivity contribution in [3.05, 3.63) is 28.8 Å². The second kappa shape index (κ2) is 6.92. The van der Waals surface area contributed by atoms with Crippen molar-refractivity contribution in [3.8, 4) is 0 Å². The maximum absolute atomic E-state index is 11.2. The van der Waals surface area contributed by atoms with Gasteiger partial charge in [-0.1, -0.05) is 11.6 Å². The van der Waals surface area contributed by atoms with Crippen molar-refractivity contribution < 1.29 is 9.90 Å². The van der Waals surface area contributed by atoms with Crippen molar-refractivity contribution in [1.82, 2.24) is 5.32 Å². The molecular formula is C14H20ClN3O2. The first kappa shape index (κ1) is 15.1. The molecule has 0 radical (unpaired) electrons. The van der Waals surface area contributed by atoms with E-state index in [1.807, 2.05) is 6.07 Å². The lowest BCUT2D eigenvalue weighted by molar-refractivity contribution is 0.100. The van der Waals surface area contributed by atoms with Crippen LogP contribution in [-0.2, 0) is 0 Å². The molecule has 0 aliphatic carbocycles. The van der Waals surface area contributed by atoms with Crippen LogP contribution < -0.4 is 16.0 Å². The van der Waals surface area contributed by atoms with Crippen molar-refractivity contribution in [1.29, 1.82) is 0 Å². The number of hydrogen-bond donors (Lipinski definition) is 3. The Bertz CT molecular complexity index is 475. The fraction of sp³-hybridized carbons (Fsp3) is 0.500. The van der Waals surface area contributed by atoms with Gasteiger partial charge in [0, 0.05) is 24.8 Å². The Morgan fingerprint density at radius 3 is 2.90 bits per heavy atom. The summed E-state index contributed by atoms with van der Waals surface area (Å²) in [6, 6.07) is 5.60. The lowest BCUT2D eigenvalue weighted by Gasteiger charge is -2.27. The number of nitrogens with zero attached hydrogens (tertiary/aromatic N) is 1. The zero-order valence-electron chi connectivity index (χ0n) is 11.3. The predicted octanol–water partition coefficient (Wildman–Crippen LogP) is 0.990. The summed E-state index contributed by atoms with van der Waals surface area (Å²) in [6.45, 7) is 2.46. The first-order chi connectivity index (χ1) is 9.61. The molecule has 0 saturated carbocycles. The number of aliphatic hydroxyl groups is 1. The highest BCUT2D eigenvalue weighted by Gasteiger charge is 2.19. The van der Waals surface area contributed by atoms with Crippen molar-refractivity contribution >= 4 is 23.2 Å². The van der Waals surface area contributed by atoms with E-state index in [4.69, 9.17) is 17.3 Å². The summed E-state index contributed by atoms with van der Waals surface area (Å²) in [6.07, 6.45) is 2.31. The number of nitrogens with two attached hydrogens (primary N) is 1. The van der Waals surface area contributed by atoms with Crippen LogP contribution in [0.5, 0.6) is 0 Å². The van der Waals surface area contributed by atoms with E-state index in [9.17, 15) is 9.90 Å². The zero-order valence-corrected chi connectivity index (χ0v) is 12.1. The molecule has 1 unspecified atom stereocenters. The van der Waals surface area contributed by atoms with E-state index in [0.29, 0.717) is 23.2 Å². The van der Waals surface area contributed by atoms with Gasteiger partial charge in [0.05, 0.1) is 17.2 Å². The van der Waals surface area contributed by atoms with Crippen LogP contribution in [0.4, 0.5) is 5.69 Å². The molecule has 0 aromatic heterocycles. The largest absolute Gasteiger partial charge is 0.395 e. The zero-order chi connectivity index (χ0) is 14.5. The Morgan fingerprint density at radius 1 is 1.55 bits per heavy atom. The maximum atomic E-state index is 11.2. The van der Waals surface area contributed by atoms with Gasteiger partial charge in [-0.3, -0.25) is 4.79 Å². The Hall–Kier alpha value is -1.30. The summed E-state index contributed by atoms with van der Waals surface area (Å²) in [5.74, 6) is -0.535. The minimum Gasteiger partial charge on any atom is -0.395 e. The number of benzene rings is 1. The third-order valence-electron chi connectivity index (χ3n) is 3.56. The van der Waals surface area contributed by atoms with Crippen LogP contribution in [-0.4, -0.2) is 43.3 Å². The molecule has 1 fully saturated rings. The van der Waals surface area contributed by atoms with E-state index >= 15 is 0 Å². The van der Waals surface area contributed by atoms with Gasteiger partial charge in [-0.2, -0.15) is 0 Å². The number of primary amides is 1. The average Bonchev–Trinajstić information content (AvgIpc) is 2.90. The van der Waals surface area contributed by atoms with Crippen LogP contribution in [0.15, 0.2) is 18.2 Å². The van der Waals surface area contributed by atoms with E-state index < -0.39 is 5.91 Å². The lowest BCUT2D eigenvalue weighted by atomic mass is 10.1. The van der Waals surface area contributed by atoms with Gasteiger partial charge in [-0.15, -0.1) is 0 Å². The lowest BCUT2D eigenvalue weighted by Crippen LogP contribution is -2.39. The summed E-state index contributed by atoms with van der Waals surface area (Å²) in [5, 5.41) is 13.0. The second-order valence-electron chi connectivity index (χ2n) is 4.99. The quantitative estimate of drug-likeness (QED) is 0.732. The normalized spacial score (nSPS) is 18.2. The number of halogens is 1. The smallest absolute Gasteiger partial charge is 0.250 e. The van der Waals surface area contributed by atoms with Crippen LogP contribution in [0, 0.1) is 0 Å². The molecule has 0 spiro atoms. The standard InChI is InChI=1S/C14H20ClN3O2/c15-13-8-11(3-4-12(13)14(16)20)18(6-7-19)9-10-2-1-5-17-10/h3-4,8,10,17,19H,1-2,5-7,9H2,(H2,16,20). The van der Waals surface area contributed by atoms with E-state index in [-0.39, 0.29) is 6.61 Å². The van der Waals surface area contributed by atoms with Gasteiger partial charge in [0.1, 0.15) is 0 Å². The molecule has 1 heterocycles. The van der Waals surface area contributed by atoms with Gasteiger partial charge in [0.25, 0.3) is 0 Å². The molecule has 1 aromatic rings. The highest BCUT2D eigenvalue weighted by atomic mass is 35.5. The Kier molecular flexibility index (Phi) is 5.23. The molecule has 5 nitrogen and oxygen atoms in total. The third kappa shape index (κ3) is 3.62. The first-order valence-electron chi connectivity index (χ1n) is 6.80. The number of amides is 1. The SMILES string of the molecule is NC(=O)c1ccc(N(CCO)CC2CCCN2)cc1Cl. The number of carbonyl (C=O) groups is 1. The molecule has 1 amide bonds. The van der Waals surface area contributed by atoms with E-state index in [0.717, 1.165) is 25.2 Å². The monoisotopic (exact) mass is 297 g/mol.